The molecule has 0 unspecified atom stereocenters. The van der Waals surface area contributed by atoms with Crippen LogP contribution in [0.5, 0.6) is 0 Å². The van der Waals surface area contributed by atoms with Gasteiger partial charge in [-0.1, -0.05) is 394 Å². The van der Waals surface area contributed by atoms with Crippen LogP contribution in [-0.4, -0.2) is 69.8 Å². The summed E-state index contributed by atoms with van der Waals surface area (Å²) in [6.07, 6.45) is 0. The van der Waals surface area contributed by atoms with Crippen molar-refractivity contribution in [1.29, 1.82) is 0 Å². The molecule has 0 aliphatic carbocycles. The summed E-state index contributed by atoms with van der Waals surface area (Å²) in [6, 6.07) is 149. The Morgan fingerprint density at radius 1 is 0.115 bits per heavy atom. The predicted molar refractivity (Wildman–Crippen MR) is 568 cm³/mol. The lowest BCUT2D eigenvalue weighted by Gasteiger charge is -2.12. The molecule has 0 atom stereocenters. The lowest BCUT2D eigenvalue weighted by atomic mass is 9.97. The van der Waals surface area contributed by atoms with E-state index in [0.29, 0.717) is 64.1 Å². The summed E-state index contributed by atoms with van der Waals surface area (Å²) in [6.45, 7) is 9.96. The first-order valence-corrected chi connectivity index (χ1v) is 46.5. The first-order chi connectivity index (χ1) is 68.3. The van der Waals surface area contributed by atoms with Gasteiger partial charge in [-0.25, -0.2) is 64.8 Å². The topological polar surface area (TPSA) is 180 Å². The lowest BCUT2D eigenvalue weighted by molar-refractivity contribution is 1.06. The lowest BCUT2D eigenvalue weighted by Crippen LogP contribution is -2.01. The van der Waals surface area contributed by atoms with Crippen LogP contribution in [0.25, 0.3) is 245 Å². The van der Waals surface area contributed by atoms with Gasteiger partial charge in [-0.3, -0.25) is 4.98 Å². The molecule has 14 nitrogen and oxygen atoms in total. The normalized spacial score (nSPS) is 11.3. The Morgan fingerprint density at radius 2 is 0.324 bits per heavy atom. The molecular formula is C125H86N14. The highest BCUT2D eigenvalue weighted by Crippen LogP contribution is 2.40. The molecule has 0 aliphatic heterocycles. The standard InChI is InChI=1S/C47H33N5.C43H28N4.C35H25N5/c1-30-29-31(2)49-44(48-30)36-25-27-39(28-26-36)47-51-45(37-21-17-34(18-22-37)42-15-7-11-32-9-3-5-13-40(32)42)50-46(52-47)38-23-19-35(20-24-38)43-16-8-12-33-10-4-6-14-41(33)43;1-27-7-6-12-40(44-27)32-19-21-33(22-20-32)41-45-42(34-23-17-30-15-13-28-8-2-4-10-36(28)38(30)25-34)47-43(46-41)35-24-18-31-16-14-29-9-3-5-11-37(29)39(31)26-35;1-22-21-23(2)37-32(36-22)26-17-19-27(20-18-26)33-38-34(30-15-7-11-24-9-3-5-13-28(24)30)40-35(39-33)31-16-8-12-25-10-4-6-14-29(25)31/h3-29H,1-2H3;2-26H,1H3;3-21H,1-2H3. The molecule has 6 heterocycles. The second-order valence-electron chi connectivity index (χ2n) is 35.0. The van der Waals surface area contributed by atoms with Crippen molar-refractivity contribution in [2.24, 2.45) is 0 Å². The number of hydrogen-bond donors (Lipinski definition) is 0. The van der Waals surface area contributed by atoms with Gasteiger partial charge in [0, 0.05) is 95.2 Å². The largest absolute Gasteiger partial charge is 0.253 e. The summed E-state index contributed by atoms with van der Waals surface area (Å²) in [4.78, 5) is 68.7. The first-order valence-electron chi connectivity index (χ1n) is 46.5. The van der Waals surface area contributed by atoms with Gasteiger partial charge in [0.2, 0.25) is 0 Å². The number of pyridine rings is 1. The Morgan fingerprint density at radius 3 is 0.640 bits per heavy atom. The maximum absolute atomic E-state index is 5.12. The molecule has 19 aromatic carbocycles. The van der Waals surface area contributed by atoms with E-state index in [1.165, 1.54) is 75.8 Å². The summed E-state index contributed by atoms with van der Waals surface area (Å²) in [5.74, 6) is 7.07. The fourth-order valence-corrected chi connectivity index (χ4v) is 18.7. The van der Waals surface area contributed by atoms with Gasteiger partial charge in [-0.2, -0.15) is 0 Å². The summed E-state index contributed by atoms with van der Waals surface area (Å²) in [5, 5.41) is 19.0. The van der Waals surface area contributed by atoms with E-state index in [-0.39, 0.29) is 0 Å². The van der Waals surface area contributed by atoms with E-state index < -0.39 is 0 Å². The van der Waals surface area contributed by atoms with E-state index in [1.807, 2.05) is 138 Å². The Kier molecular flexibility index (Phi) is 22.5. The second-order valence-corrected chi connectivity index (χ2v) is 35.0. The maximum atomic E-state index is 5.12. The number of aromatic nitrogens is 14. The van der Waals surface area contributed by atoms with Gasteiger partial charge in [0.1, 0.15) is 0 Å². The van der Waals surface area contributed by atoms with E-state index in [4.69, 9.17) is 49.8 Å². The second kappa shape index (κ2) is 36.9. The summed E-state index contributed by atoms with van der Waals surface area (Å²) in [7, 11) is 0. The minimum atomic E-state index is 0.601. The number of aryl methyl sites for hydroxylation is 5. The van der Waals surface area contributed by atoms with Crippen LogP contribution in [0.3, 0.4) is 0 Å². The number of hydrogen-bond acceptors (Lipinski definition) is 14. The van der Waals surface area contributed by atoms with Crippen molar-refractivity contribution < 1.29 is 0 Å². The van der Waals surface area contributed by atoms with Crippen molar-refractivity contribution in [3.05, 3.63) is 459 Å². The fraction of sp³-hybridized carbons (Fsp3) is 0.0400. The highest BCUT2D eigenvalue weighted by molar-refractivity contribution is 6.10. The molecule has 0 saturated carbocycles. The van der Waals surface area contributed by atoms with Crippen LogP contribution in [0.4, 0.5) is 0 Å². The van der Waals surface area contributed by atoms with Crippen LogP contribution in [0, 0.1) is 34.6 Å². The van der Waals surface area contributed by atoms with Crippen molar-refractivity contribution in [2.75, 3.05) is 0 Å². The minimum absolute atomic E-state index is 0.601. The average molecular weight is 1780 g/mol. The van der Waals surface area contributed by atoms with Crippen LogP contribution in [-0.2, 0) is 0 Å². The molecule has 0 aliphatic rings. The zero-order valence-electron chi connectivity index (χ0n) is 76.8. The van der Waals surface area contributed by atoms with E-state index in [0.717, 1.165) is 134 Å². The molecule has 25 rings (SSSR count). The third-order valence-corrected chi connectivity index (χ3v) is 25.6. The Hall–Kier alpha value is -18.4. The van der Waals surface area contributed by atoms with Crippen LogP contribution < -0.4 is 0 Å². The van der Waals surface area contributed by atoms with Gasteiger partial charge < -0.3 is 0 Å². The van der Waals surface area contributed by atoms with Gasteiger partial charge in [-0.05, 0) is 179 Å². The van der Waals surface area contributed by atoms with Crippen molar-refractivity contribution in [3.8, 4) is 159 Å². The summed E-state index contributed by atoms with van der Waals surface area (Å²) >= 11 is 0. The zero-order chi connectivity index (χ0) is 93.4. The first kappa shape index (κ1) is 84.8. The van der Waals surface area contributed by atoms with Gasteiger partial charge in [-0.15, -0.1) is 0 Å². The molecule has 6 aromatic heterocycles. The molecular weight excluding hydrogens is 1700 g/mol. The van der Waals surface area contributed by atoms with Crippen molar-refractivity contribution >= 4 is 86.2 Å². The fourth-order valence-electron chi connectivity index (χ4n) is 18.7. The average Bonchev–Trinajstić information content (AvgIpc) is 0.771. The molecule has 0 radical (unpaired) electrons. The van der Waals surface area contributed by atoms with E-state index in [2.05, 4.69) is 348 Å². The monoisotopic (exact) mass is 1780 g/mol. The maximum Gasteiger partial charge on any atom is 0.164 e. The van der Waals surface area contributed by atoms with Gasteiger partial charge in [0.25, 0.3) is 0 Å². The van der Waals surface area contributed by atoms with Crippen molar-refractivity contribution in [3.63, 3.8) is 0 Å². The minimum Gasteiger partial charge on any atom is -0.253 e. The van der Waals surface area contributed by atoms with Gasteiger partial charge in [0.15, 0.2) is 64.1 Å². The third-order valence-electron chi connectivity index (χ3n) is 25.6. The summed E-state index contributed by atoms with van der Waals surface area (Å²) in [5.41, 5.74) is 21.7. The van der Waals surface area contributed by atoms with Crippen LogP contribution in [0.2, 0.25) is 0 Å². The Labute approximate surface area is 803 Å². The Balaban J connectivity index is 0.000000118. The van der Waals surface area contributed by atoms with Gasteiger partial charge in [0.05, 0.1) is 5.69 Å². The van der Waals surface area contributed by atoms with Crippen molar-refractivity contribution in [1.82, 2.24) is 69.8 Å². The van der Waals surface area contributed by atoms with Crippen LogP contribution in [0.15, 0.2) is 431 Å². The third kappa shape index (κ3) is 17.5. The molecule has 0 N–H and O–H groups in total. The molecule has 656 valence electrons. The molecule has 0 saturated heterocycles. The number of rotatable bonds is 14. The van der Waals surface area contributed by atoms with Crippen LogP contribution in [0.1, 0.15) is 28.5 Å². The smallest absolute Gasteiger partial charge is 0.164 e. The van der Waals surface area contributed by atoms with E-state index >= 15 is 0 Å². The SMILES string of the molecule is Cc1cc(C)nc(-c2ccc(-c3nc(-c4ccc(-c5cccc6ccccc56)cc4)nc(-c4ccc(-c5cccc6ccccc56)cc4)n3)cc2)n1.Cc1cc(C)nc(-c2ccc(-c3nc(-c4cccc5ccccc45)nc(-c4cccc5ccccc45)n3)cc2)n1.Cc1cccc(-c2ccc(-c3nc(-c4ccc5ccc6ccccc6c5c4)nc(-c4ccc5ccc6ccccc6c5c4)n3)cc2)n1. The highest BCUT2D eigenvalue weighted by atomic mass is 15.1. The molecule has 0 fully saturated rings. The number of fused-ring (bicyclic) bond motifs is 10. The van der Waals surface area contributed by atoms with Crippen molar-refractivity contribution in [2.45, 2.75) is 34.6 Å². The quantitative estimate of drug-likeness (QED) is 0.0938. The molecule has 25 aromatic rings. The molecule has 139 heavy (non-hydrogen) atoms. The Bertz CT molecular complexity index is 8630. The van der Waals surface area contributed by atoms with Gasteiger partial charge >= 0.3 is 0 Å². The molecule has 0 spiro atoms. The molecule has 0 amide bonds. The molecule has 0 bridgehead atoms. The number of nitrogens with zero attached hydrogens (tertiary/aromatic N) is 14. The van der Waals surface area contributed by atoms with E-state index in [9.17, 15) is 0 Å². The zero-order valence-corrected chi connectivity index (χ0v) is 76.8. The van der Waals surface area contributed by atoms with E-state index in [1.54, 1.807) is 0 Å². The highest BCUT2D eigenvalue weighted by Gasteiger charge is 2.22. The summed E-state index contributed by atoms with van der Waals surface area (Å²) < 4.78 is 0. The molecule has 14 heteroatoms. The number of benzene rings is 19. The van der Waals surface area contributed by atoms with Crippen LogP contribution >= 0.6 is 0 Å². The predicted octanol–water partition coefficient (Wildman–Crippen LogP) is 30.7.